The number of likely N-dealkylation sites (tertiary alicyclic amines) is 1. The van der Waals surface area contributed by atoms with Crippen molar-refractivity contribution in [3.05, 3.63) is 30.1 Å². The van der Waals surface area contributed by atoms with Crippen LogP contribution >= 0.6 is 0 Å². The van der Waals surface area contributed by atoms with Gasteiger partial charge >= 0.3 is 6.09 Å². The highest BCUT2D eigenvalue weighted by Crippen LogP contribution is 2.36. The molecule has 0 unspecified atom stereocenters. The molecular formula is C23H30F2N4O5. The van der Waals surface area contributed by atoms with E-state index in [4.69, 9.17) is 18.9 Å². The van der Waals surface area contributed by atoms with Crippen molar-refractivity contribution in [2.45, 2.75) is 52.2 Å². The normalized spacial score (nSPS) is 14.1. The number of hydrogen-bond donors (Lipinski definition) is 1. The number of amides is 1. The predicted octanol–water partition coefficient (Wildman–Crippen LogP) is 4.68. The van der Waals surface area contributed by atoms with Crippen LogP contribution in [0.2, 0.25) is 0 Å². The molecular weight excluding hydrogens is 450 g/mol. The second-order valence-corrected chi connectivity index (χ2v) is 8.03. The molecule has 11 heteroatoms. The first-order chi connectivity index (χ1) is 16.3. The summed E-state index contributed by atoms with van der Waals surface area (Å²) in [5.41, 5.74) is -0.138. The van der Waals surface area contributed by atoms with E-state index in [0.29, 0.717) is 32.4 Å². The van der Waals surface area contributed by atoms with Gasteiger partial charge in [0.1, 0.15) is 12.4 Å². The minimum atomic E-state index is -0.712. The first kappa shape index (κ1) is 25.3. The second-order valence-electron chi connectivity index (χ2n) is 8.03. The van der Waals surface area contributed by atoms with Crippen molar-refractivity contribution in [1.82, 2.24) is 14.9 Å². The van der Waals surface area contributed by atoms with E-state index in [2.05, 4.69) is 15.3 Å². The standard InChI is InChI=1S/C23H30F2N4O5/c1-5-10-32-19-12-16(24)18(11-17(19)25)28-21-20(31-4)22(27-13-26-21)34-15-6-8-29(9-7-15)23(30)33-14(2)3/h11-15H,5-10H2,1-4H3,(H,26,27,28). The molecule has 1 aromatic heterocycles. The van der Waals surface area contributed by atoms with Crippen LogP contribution in [0.4, 0.5) is 25.1 Å². The van der Waals surface area contributed by atoms with E-state index in [1.165, 1.54) is 13.4 Å². The lowest BCUT2D eigenvalue weighted by atomic mass is 10.1. The fourth-order valence-electron chi connectivity index (χ4n) is 3.38. The van der Waals surface area contributed by atoms with Crippen molar-refractivity contribution < 1.29 is 32.5 Å². The van der Waals surface area contributed by atoms with E-state index in [-0.39, 0.29) is 53.8 Å². The number of carbonyl (C=O) groups is 1. The van der Waals surface area contributed by atoms with Gasteiger partial charge in [0.2, 0.25) is 5.75 Å². The van der Waals surface area contributed by atoms with Crippen LogP contribution < -0.4 is 19.5 Å². The van der Waals surface area contributed by atoms with Gasteiger partial charge in [-0.25, -0.2) is 18.6 Å². The van der Waals surface area contributed by atoms with Gasteiger partial charge in [0.05, 0.1) is 25.5 Å². The zero-order valence-corrected chi connectivity index (χ0v) is 19.8. The smallest absolute Gasteiger partial charge is 0.410 e. The lowest BCUT2D eigenvalue weighted by molar-refractivity contribution is 0.0500. The molecule has 186 valence electrons. The van der Waals surface area contributed by atoms with Crippen LogP contribution in [0.1, 0.15) is 40.0 Å². The number of benzene rings is 1. The first-order valence-corrected chi connectivity index (χ1v) is 11.2. The summed E-state index contributed by atoms with van der Waals surface area (Å²) in [6.45, 7) is 6.71. The summed E-state index contributed by atoms with van der Waals surface area (Å²) in [5, 5.41) is 2.74. The van der Waals surface area contributed by atoms with Gasteiger partial charge in [-0.15, -0.1) is 0 Å². The Morgan fingerprint density at radius 3 is 2.59 bits per heavy atom. The largest absolute Gasteiger partial charge is 0.490 e. The maximum atomic E-state index is 14.6. The Labute approximate surface area is 197 Å². The van der Waals surface area contributed by atoms with Crippen LogP contribution in [0.3, 0.4) is 0 Å². The highest BCUT2D eigenvalue weighted by atomic mass is 19.1. The van der Waals surface area contributed by atoms with Gasteiger partial charge in [0.15, 0.2) is 23.2 Å². The quantitative estimate of drug-likeness (QED) is 0.553. The van der Waals surface area contributed by atoms with Gasteiger partial charge < -0.3 is 29.2 Å². The molecule has 0 atom stereocenters. The lowest BCUT2D eigenvalue weighted by Gasteiger charge is -2.31. The number of hydrogen-bond acceptors (Lipinski definition) is 8. The van der Waals surface area contributed by atoms with Crippen molar-refractivity contribution in [1.29, 1.82) is 0 Å². The van der Waals surface area contributed by atoms with Gasteiger partial charge in [-0.1, -0.05) is 6.92 Å². The average Bonchev–Trinajstić information content (AvgIpc) is 2.80. The topological polar surface area (TPSA) is 95.0 Å². The number of halogens is 2. The summed E-state index contributed by atoms with van der Waals surface area (Å²) in [4.78, 5) is 21.9. The molecule has 1 amide bonds. The van der Waals surface area contributed by atoms with Crippen molar-refractivity contribution in [3.63, 3.8) is 0 Å². The fraction of sp³-hybridized carbons (Fsp3) is 0.522. The third-order valence-electron chi connectivity index (χ3n) is 5.03. The highest BCUT2D eigenvalue weighted by molar-refractivity contribution is 5.68. The summed E-state index contributed by atoms with van der Waals surface area (Å²) < 4.78 is 50.7. The third-order valence-corrected chi connectivity index (χ3v) is 5.03. The van der Waals surface area contributed by atoms with Crippen LogP contribution in [-0.2, 0) is 4.74 Å². The van der Waals surface area contributed by atoms with Crippen LogP contribution in [0, 0.1) is 11.6 Å². The van der Waals surface area contributed by atoms with E-state index < -0.39 is 11.6 Å². The molecule has 0 saturated carbocycles. The van der Waals surface area contributed by atoms with Gasteiger partial charge in [-0.05, 0) is 20.3 Å². The fourth-order valence-corrected chi connectivity index (χ4v) is 3.38. The molecule has 1 aliphatic rings. The summed E-state index contributed by atoms with van der Waals surface area (Å²) in [5.74, 6) is -1.15. The van der Waals surface area contributed by atoms with Crippen molar-refractivity contribution in [2.75, 3.05) is 32.1 Å². The van der Waals surface area contributed by atoms with Crippen LogP contribution in [0.5, 0.6) is 17.4 Å². The number of nitrogens with zero attached hydrogens (tertiary/aromatic N) is 3. The molecule has 0 aliphatic carbocycles. The van der Waals surface area contributed by atoms with E-state index in [9.17, 15) is 13.6 Å². The Bertz CT molecular complexity index is 984. The molecule has 9 nitrogen and oxygen atoms in total. The molecule has 0 radical (unpaired) electrons. The van der Waals surface area contributed by atoms with Gasteiger partial charge in [-0.2, -0.15) is 4.98 Å². The number of nitrogens with one attached hydrogen (secondary N) is 1. The molecule has 1 aliphatic heterocycles. The SMILES string of the molecule is CCCOc1cc(F)c(Nc2ncnc(OC3CCN(C(=O)OC(C)C)CC3)c2OC)cc1F. The highest BCUT2D eigenvalue weighted by Gasteiger charge is 2.27. The zero-order chi connectivity index (χ0) is 24.7. The Morgan fingerprint density at radius 1 is 1.21 bits per heavy atom. The lowest BCUT2D eigenvalue weighted by Crippen LogP contribution is -2.42. The van der Waals surface area contributed by atoms with Gasteiger partial charge in [0.25, 0.3) is 5.88 Å². The number of carbonyl (C=O) groups excluding carboxylic acids is 1. The van der Waals surface area contributed by atoms with E-state index in [1.807, 2.05) is 6.92 Å². The Kier molecular flexibility index (Phi) is 8.67. The Hall–Kier alpha value is -3.37. The summed E-state index contributed by atoms with van der Waals surface area (Å²) in [6, 6.07) is 1.98. The molecule has 34 heavy (non-hydrogen) atoms. The van der Waals surface area contributed by atoms with Crippen molar-refractivity contribution in [2.24, 2.45) is 0 Å². The first-order valence-electron chi connectivity index (χ1n) is 11.2. The zero-order valence-electron chi connectivity index (χ0n) is 19.8. The maximum Gasteiger partial charge on any atom is 0.410 e. The second kappa shape index (κ2) is 11.7. The van der Waals surface area contributed by atoms with Crippen molar-refractivity contribution in [3.8, 4) is 17.4 Å². The molecule has 3 rings (SSSR count). The average molecular weight is 481 g/mol. The van der Waals surface area contributed by atoms with Gasteiger partial charge in [-0.3, -0.25) is 0 Å². The van der Waals surface area contributed by atoms with Crippen LogP contribution in [0.25, 0.3) is 0 Å². The third kappa shape index (κ3) is 6.36. The molecule has 2 heterocycles. The predicted molar refractivity (Wildman–Crippen MR) is 121 cm³/mol. The molecule has 2 aromatic rings. The van der Waals surface area contributed by atoms with Crippen LogP contribution in [0.15, 0.2) is 18.5 Å². The molecule has 1 fully saturated rings. The Morgan fingerprint density at radius 2 is 1.94 bits per heavy atom. The van der Waals surface area contributed by atoms with E-state index >= 15 is 0 Å². The molecule has 0 bridgehead atoms. The van der Waals surface area contributed by atoms with E-state index in [0.717, 1.165) is 12.1 Å². The maximum absolute atomic E-state index is 14.6. The monoisotopic (exact) mass is 480 g/mol. The molecule has 1 N–H and O–H groups in total. The summed E-state index contributed by atoms with van der Waals surface area (Å²) >= 11 is 0. The van der Waals surface area contributed by atoms with E-state index in [1.54, 1.807) is 18.7 Å². The number of piperidine rings is 1. The number of rotatable bonds is 9. The number of ether oxygens (including phenoxy) is 4. The molecule has 1 aromatic carbocycles. The summed E-state index contributed by atoms with van der Waals surface area (Å²) in [6.07, 6.45) is 2.30. The van der Waals surface area contributed by atoms with Crippen LogP contribution in [-0.4, -0.2) is 60.0 Å². The van der Waals surface area contributed by atoms with Crippen molar-refractivity contribution >= 4 is 17.6 Å². The Balaban J connectivity index is 1.69. The van der Waals surface area contributed by atoms with Gasteiger partial charge in [0, 0.05) is 38.1 Å². The number of anilines is 2. The molecule has 1 saturated heterocycles. The minimum absolute atomic E-state index is 0.117. The summed E-state index contributed by atoms with van der Waals surface area (Å²) in [7, 11) is 1.40. The number of methoxy groups -OCH3 is 1. The molecule has 0 spiro atoms. The number of aromatic nitrogens is 2. The minimum Gasteiger partial charge on any atom is -0.490 e.